The molecule has 0 fully saturated rings. The van der Waals surface area contributed by atoms with Crippen LogP contribution < -0.4 is 0 Å². The van der Waals surface area contributed by atoms with Gasteiger partial charge in [-0.3, -0.25) is 9.47 Å². The quantitative estimate of drug-likeness (QED) is 0.921. The Labute approximate surface area is 114 Å². The van der Waals surface area contributed by atoms with Gasteiger partial charge >= 0.3 is 0 Å². The van der Waals surface area contributed by atoms with Crippen LogP contribution in [0.4, 0.5) is 4.39 Å². The number of halogens is 1. The van der Waals surface area contributed by atoms with E-state index in [2.05, 4.69) is 15.1 Å². The zero-order valence-corrected chi connectivity index (χ0v) is 11.0. The predicted molar refractivity (Wildman–Crippen MR) is 69.9 cm³/mol. The molecule has 1 aromatic heterocycles. The molecule has 0 aliphatic carbocycles. The van der Waals surface area contributed by atoms with Crippen molar-refractivity contribution in [2.75, 3.05) is 19.0 Å². The van der Waals surface area contributed by atoms with Crippen LogP contribution in [0.2, 0.25) is 0 Å². The van der Waals surface area contributed by atoms with E-state index >= 15 is 0 Å². The van der Waals surface area contributed by atoms with Crippen molar-refractivity contribution < 1.29 is 9.50 Å². The minimum absolute atomic E-state index is 0.118. The number of fused-ring (bicyclic) bond motifs is 1. The molecule has 0 atom stereocenters. The summed E-state index contributed by atoms with van der Waals surface area (Å²) in [6.45, 7) is 1.34. The molecule has 3 rings (SSSR count). The smallest absolute Gasteiger partial charge is 0.193 e. The molecule has 19 heavy (non-hydrogen) atoms. The van der Waals surface area contributed by atoms with Gasteiger partial charge in [0.25, 0.3) is 0 Å². The SMILES string of the molecule is OCCN1CSc2nnc(-c3cccc(F)c3)n2C1. The number of rotatable bonds is 3. The van der Waals surface area contributed by atoms with Gasteiger partial charge in [0.05, 0.1) is 19.2 Å². The third kappa shape index (κ3) is 2.49. The lowest BCUT2D eigenvalue weighted by molar-refractivity contribution is 0.178. The highest BCUT2D eigenvalue weighted by Crippen LogP contribution is 2.28. The number of hydrogen-bond donors (Lipinski definition) is 1. The van der Waals surface area contributed by atoms with Crippen molar-refractivity contribution in [3.63, 3.8) is 0 Å². The fourth-order valence-corrected chi connectivity index (χ4v) is 2.94. The first-order valence-electron chi connectivity index (χ1n) is 5.93. The summed E-state index contributed by atoms with van der Waals surface area (Å²) in [5.74, 6) is 1.15. The number of nitrogens with zero attached hydrogens (tertiary/aromatic N) is 4. The van der Waals surface area contributed by atoms with Crippen molar-refractivity contribution in [1.29, 1.82) is 0 Å². The van der Waals surface area contributed by atoms with Crippen LogP contribution in [-0.2, 0) is 6.67 Å². The second-order valence-corrected chi connectivity index (χ2v) is 5.19. The molecular weight excluding hydrogens is 267 g/mol. The van der Waals surface area contributed by atoms with Crippen molar-refractivity contribution in [2.45, 2.75) is 11.8 Å². The minimum atomic E-state index is -0.287. The first-order valence-corrected chi connectivity index (χ1v) is 6.91. The average Bonchev–Trinajstić information content (AvgIpc) is 2.82. The van der Waals surface area contributed by atoms with Crippen LogP contribution in [0.1, 0.15) is 0 Å². The van der Waals surface area contributed by atoms with Gasteiger partial charge in [-0.1, -0.05) is 23.9 Å². The Hall–Kier alpha value is -1.44. The summed E-state index contributed by atoms with van der Waals surface area (Å²) in [4.78, 5) is 2.09. The maximum absolute atomic E-state index is 13.3. The van der Waals surface area contributed by atoms with Crippen molar-refractivity contribution in [3.05, 3.63) is 30.1 Å². The normalized spacial score (nSPS) is 15.5. The molecule has 0 saturated heterocycles. The van der Waals surface area contributed by atoms with Gasteiger partial charge in [0.1, 0.15) is 5.82 Å². The zero-order valence-electron chi connectivity index (χ0n) is 10.2. The lowest BCUT2D eigenvalue weighted by Gasteiger charge is -2.26. The van der Waals surface area contributed by atoms with Crippen LogP contribution in [0, 0.1) is 5.82 Å². The van der Waals surface area contributed by atoms with Gasteiger partial charge in [-0.15, -0.1) is 10.2 Å². The highest BCUT2D eigenvalue weighted by Gasteiger charge is 2.22. The van der Waals surface area contributed by atoms with Crippen molar-refractivity contribution >= 4 is 11.8 Å². The predicted octanol–water partition coefficient (Wildman–Crippen LogP) is 1.40. The zero-order chi connectivity index (χ0) is 13.2. The Morgan fingerprint density at radius 2 is 2.26 bits per heavy atom. The summed E-state index contributed by atoms with van der Waals surface area (Å²) in [6.07, 6.45) is 0. The van der Waals surface area contributed by atoms with E-state index < -0.39 is 0 Å². The molecular formula is C12H13FN4OS. The van der Waals surface area contributed by atoms with Crippen LogP contribution in [-0.4, -0.2) is 43.8 Å². The standard InChI is InChI=1S/C12H13FN4OS/c13-10-3-1-2-9(6-10)11-14-15-12-17(11)7-16(4-5-18)8-19-12/h1-3,6,18H,4-5,7-8H2. The summed E-state index contributed by atoms with van der Waals surface area (Å²) in [6, 6.07) is 6.33. The topological polar surface area (TPSA) is 54.2 Å². The van der Waals surface area contributed by atoms with E-state index in [1.165, 1.54) is 12.1 Å². The maximum atomic E-state index is 13.3. The molecule has 100 valence electrons. The summed E-state index contributed by atoms with van der Waals surface area (Å²) < 4.78 is 15.2. The summed E-state index contributed by atoms with van der Waals surface area (Å²) >= 11 is 1.57. The molecule has 0 unspecified atom stereocenters. The second-order valence-electron chi connectivity index (χ2n) is 4.28. The first-order chi connectivity index (χ1) is 9.28. The fraction of sp³-hybridized carbons (Fsp3) is 0.333. The highest BCUT2D eigenvalue weighted by atomic mass is 32.2. The number of thioether (sulfide) groups is 1. The van der Waals surface area contributed by atoms with E-state index in [9.17, 15) is 4.39 Å². The molecule has 1 aliphatic rings. The third-order valence-electron chi connectivity index (χ3n) is 2.93. The number of β-amino-alcohol motifs (C(OH)–C–C–N with tert-alkyl or cyclic N) is 1. The summed E-state index contributed by atoms with van der Waals surface area (Å²) in [7, 11) is 0. The van der Waals surface area contributed by atoms with Crippen LogP contribution in [0.25, 0.3) is 11.4 Å². The molecule has 0 radical (unpaired) electrons. The number of aromatic nitrogens is 3. The Kier molecular flexibility index (Phi) is 3.50. The van der Waals surface area contributed by atoms with Crippen molar-refractivity contribution in [2.24, 2.45) is 0 Å². The Morgan fingerprint density at radius 3 is 3.05 bits per heavy atom. The maximum Gasteiger partial charge on any atom is 0.193 e. The van der Waals surface area contributed by atoms with Gasteiger partial charge in [-0.2, -0.15) is 0 Å². The molecule has 2 heterocycles. The molecule has 0 spiro atoms. The third-order valence-corrected chi connectivity index (χ3v) is 3.99. The van der Waals surface area contributed by atoms with Gasteiger partial charge in [0, 0.05) is 12.1 Å². The van der Waals surface area contributed by atoms with Gasteiger partial charge in [0.15, 0.2) is 11.0 Å². The number of aliphatic hydroxyl groups excluding tert-OH is 1. The molecule has 5 nitrogen and oxygen atoms in total. The Morgan fingerprint density at radius 1 is 1.37 bits per heavy atom. The number of aliphatic hydroxyl groups is 1. The van der Waals surface area contributed by atoms with E-state index in [4.69, 9.17) is 5.11 Å². The van der Waals surface area contributed by atoms with Crippen LogP contribution in [0.5, 0.6) is 0 Å². The van der Waals surface area contributed by atoms with Gasteiger partial charge in [-0.25, -0.2) is 4.39 Å². The second kappa shape index (κ2) is 5.28. The van der Waals surface area contributed by atoms with E-state index in [1.807, 2.05) is 10.6 Å². The van der Waals surface area contributed by atoms with Gasteiger partial charge in [0.2, 0.25) is 0 Å². The van der Waals surface area contributed by atoms with Crippen molar-refractivity contribution in [1.82, 2.24) is 19.7 Å². The molecule has 2 aromatic rings. The van der Waals surface area contributed by atoms with Crippen LogP contribution >= 0.6 is 11.8 Å². The van der Waals surface area contributed by atoms with E-state index in [0.29, 0.717) is 24.6 Å². The molecule has 7 heteroatoms. The van der Waals surface area contributed by atoms with Crippen LogP contribution in [0.3, 0.4) is 0 Å². The average molecular weight is 280 g/mol. The fourth-order valence-electron chi connectivity index (χ4n) is 2.03. The minimum Gasteiger partial charge on any atom is -0.395 e. The Balaban J connectivity index is 1.95. The number of benzene rings is 1. The molecule has 1 aliphatic heterocycles. The van der Waals surface area contributed by atoms with E-state index in [0.717, 1.165) is 11.0 Å². The van der Waals surface area contributed by atoms with E-state index in [-0.39, 0.29) is 12.4 Å². The van der Waals surface area contributed by atoms with Crippen LogP contribution in [0.15, 0.2) is 29.4 Å². The monoisotopic (exact) mass is 280 g/mol. The van der Waals surface area contributed by atoms with Crippen molar-refractivity contribution in [3.8, 4) is 11.4 Å². The summed E-state index contributed by atoms with van der Waals surface area (Å²) in [5.41, 5.74) is 0.713. The molecule has 0 bridgehead atoms. The highest BCUT2D eigenvalue weighted by molar-refractivity contribution is 7.99. The Bertz CT molecular complexity index is 589. The number of hydrogen-bond acceptors (Lipinski definition) is 5. The van der Waals surface area contributed by atoms with E-state index in [1.54, 1.807) is 17.8 Å². The lowest BCUT2D eigenvalue weighted by atomic mass is 10.2. The first kappa shape index (κ1) is 12.6. The largest absolute Gasteiger partial charge is 0.395 e. The van der Waals surface area contributed by atoms with Gasteiger partial charge in [-0.05, 0) is 12.1 Å². The van der Waals surface area contributed by atoms with Gasteiger partial charge < -0.3 is 5.11 Å². The molecule has 1 aromatic carbocycles. The molecule has 0 saturated carbocycles. The molecule has 1 N–H and O–H groups in total. The summed E-state index contributed by atoms with van der Waals surface area (Å²) in [5, 5.41) is 18.1. The molecule has 0 amide bonds. The lowest BCUT2D eigenvalue weighted by Crippen LogP contribution is -2.32.